The molecule has 0 bridgehead atoms. The Labute approximate surface area is 663 Å². The van der Waals surface area contributed by atoms with Crippen LogP contribution < -0.4 is 22.1 Å². The lowest BCUT2D eigenvalue weighted by Gasteiger charge is -2.28. The maximum Gasteiger partial charge on any atom is 0.314 e. The molecular weight excluding hydrogens is 1300 g/mol. The van der Waals surface area contributed by atoms with Crippen LogP contribution in [-0.2, 0) is 0 Å². The normalized spacial score (nSPS) is 13.5. The van der Waals surface area contributed by atoms with E-state index in [9.17, 15) is 15.0 Å². The number of urea groups is 1. The average molecular weight is 1490 g/mol. The standard InChI is InChI=1S/C95H190N8O3/c1-7-11-15-19-23-27-31-35-39-43-47-51-55-59-63-67-75-100(87-91(5)83-96)79-71-73-81-102(77-69-65-61-57-53-49-45-41-37-33-29-25-21-17-13-9-3)89-93(104)85-98-95(106)99-86-94(105)90-103(78-70-66-62-58-54-50-46-42-38-34-30-26-22-18-14-10-4)82-74-72-80-101(88-92(6)84-97)76-68-64-60-56-52-48-44-40-36-32-28-24-20-16-12-8-2/h35-42,91-94,104-105H,7-34,43-90,96-97H2,1-6H3,(H2,98,99,106)/b39-35-,40-36?,41-37-,42-38-. The quantitative estimate of drug-likeness (QED) is 0.0259. The predicted octanol–water partition coefficient (Wildman–Crippen LogP) is 25.1. The fourth-order valence-electron chi connectivity index (χ4n) is 15.1. The Bertz CT molecular complexity index is 1710. The highest BCUT2D eigenvalue weighted by atomic mass is 16.3. The van der Waals surface area contributed by atoms with Crippen LogP contribution >= 0.6 is 0 Å². The number of unbranched alkanes of at least 4 members (excludes halogenated alkanes) is 50. The van der Waals surface area contributed by atoms with Gasteiger partial charge in [-0.05, 0) is 231 Å². The Morgan fingerprint density at radius 3 is 0.613 bits per heavy atom. The van der Waals surface area contributed by atoms with Gasteiger partial charge in [0, 0.05) is 39.3 Å². The lowest BCUT2D eigenvalue weighted by atomic mass is 10.1. The molecule has 4 atom stereocenters. The van der Waals surface area contributed by atoms with E-state index < -0.39 is 12.2 Å². The van der Waals surface area contributed by atoms with Crippen molar-refractivity contribution in [3.8, 4) is 0 Å². The molecule has 0 aromatic rings. The molecule has 0 radical (unpaired) electrons. The number of hydrogen-bond donors (Lipinski definition) is 6. The summed E-state index contributed by atoms with van der Waals surface area (Å²) in [5.74, 6) is 0.976. The van der Waals surface area contributed by atoms with Crippen LogP contribution in [0.3, 0.4) is 0 Å². The summed E-state index contributed by atoms with van der Waals surface area (Å²) in [6.45, 7) is 27.1. The molecule has 0 aromatic carbocycles. The minimum Gasteiger partial charge on any atom is -0.390 e. The zero-order valence-electron chi connectivity index (χ0n) is 72.4. The molecule has 4 unspecified atom stereocenters. The minimum absolute atomic E-state index is 0.188. The molecular formula is C95H190N8O3. The smallest absolute Gasteiger partial charge is 0.314 e. The van der Waals surface area contributed by atoms with Gasteiger partial charge in [-0.1, -0.05) is 321 Å². The molecule has 0 saturated heterocycles. The van der Waals surface area contributed by atoms with E-state index in [2.05, 4.69) is 120 Å². The SMILES string of the molecule is CCCCCCCCC=CCCCCCCCCN(CCCCN(CCCCCCCC/C=C\CCCCCCCC)CC(O)CNC(=O)NCC(O)CN(CCCCCCCC/C=C\CCCCCCCC)CCCCN(CCCCCCCC/C=C\CCCCCCCC)CC(C)CN)CC(C)CN. The van der Waals surface area contributed by atoms with Gasteiger partial charge in [-0.2, -0.15) is 0 Å². The Morgan fingerprint density at radius 1 is 0.264 bits per heavy atom. The van der Waals surface area contributed by atoms with Crippen molar-refractivity contribution in [1.82, 2.24) is 30.2 Å². The maximum atomic E-state index is 13.4. The van der Waals surface area contributed by atoms with Gasteiger partial charge >= 0.3 is 6.03 Å². The van der Waals surface area contributed by atoms with Crippen molar-refractivity contribution in [2.24, 2.45) is 23.3 Å². The van der Waals surface area contributed by atoms with Gasteiger partial charge in [0.05, 0.1) is 12.2 Å². The third-order valence-corrected chi connectivity index (χ3v) is 22.2. The molecule has 628 valence electrons. The summed E-state index contributed by atoms with van der Waals surface area (Å²) in [5, 5.41) is 29.0. The van der Waals surface area contributed by atoms with E-state index in [0.717, 1.165) is 117 Å². The molecule has 106 heavy (non-hydrogen) atoms. The molecule has 2 amide bonds. The van der Waals surface area contributed by atoms with Crippen molar-refractivity contribution in [3.05, 3.63) is 48.6 Å². The molecule has 11 nitrogen and oxygen atoms in total. The van der Waals surface area contributed by atoms with Crippen LogP contribution in [0.5, 0.6) is 0 Å². The lowest BCUT2D eigenvalue weighted by Crippen LogP contribution is -2.47. The third-order valence-electron chi connectivity index (χ3n) is 22.2. The van der Waals surface area contributed by atoms with Gasteiger partial charge in [0.15, 0.2) is 0 Å². The molecule has 0 aliphatic rings. The van der Waals surface area contributed by atoms with E-state index in [1.807, 2.05) is 0 Å². The monoisotopic (exact) mass is 1490 g/mol. The summed E-state index contributed by atoms with van der Waals surface area (Å²) < 4.78 is 0. The average Bonchev–Trinajstić information content (AvgIpc) is 1.07. The van der Waals surface area contributed by atoms with Crippen molar-refractivity contribution in [3.63, 3.8) is 0 Å². The number of aliphatic hydroxyl groups is 2. The number of nitrogens with one attached hydrogen (secondary N) is 2. The summed E-state index contributed by atoms with van der Waals surface area (Å²) in [4.78, 5) is 23.7. The van der Waals surface area contributed by atoms with Gasteiger partial charge in [0.2, 0.25) is 0 Å². The highest BCUT2D eigenvalue weighted by molar-refractivity contribution is 5.73. The number of nitrogens with zero attached hydrogens (tertiary/aromatic N) is 4. The van der Waals surface area contributed by atoms with Crippen LogP contribution in [0.1, 0.15) is 427 Å². The molecule has 0 rings (SSSR count). The van der Waals surface area contributed by atoms with Crippen molar-refractivity contribution in [2.45, 2.75) is 439 Å². The van der Waals surface area contributed by atoms with Gasteiger partial charge in [-0.25, -0.2) is 4.79 Å². The third kappa shape index (κ3) is 80.0. The van der Waals surface area contributed by atoms with Gasteiger partial charge in [-0.3, -0.25) is 0 Å². The maximum absolute atomic E-state index is 13.4. The van der Waals surface area contributed by atoms with E-state index in [4.69, 9.17) is 11.5 Å². The largest absolute Gasteiger partial charge is 0.390 e. The minimum atomic E-state index is -0.675. The fraction of sp³-hybridized carbons (Fsp3) is 0.905. The van der Waals surface area contributed by atoms with E-state index in [0.29, 0.717) is 24.9 Å². The molecule has 8 N–H and O–H groups in total. The van der Waals surface area contributed by atoms with Gasteiger partial charge < -0.3 is 51.9 Å². The molecule has 0 fully saturated rings. The number of amides is 2. The van der Waals surface area contributed by atoms with Crippen molar-refractivity contribution in [1.29, 1.82) is 0 Å². The van der Waals surface area contributed by atoms with Crippen molar-refractivity contribution >= 4 is 6.03 Å². The van der Waals surface area contributed by atoms with Gasteiger partial charge in [-0.15, -0.1) is 0 Å². The number of nitrogens with two attached hydrogens (primary N) is 2. The van der Waals surface area contributed by atoms with Crippen LogP contribution in [0.15, 0.2) is 48.6 Å². The Balaban J connectivity index is 5.50. The summed E-state index contributed by atoms with van der Waals surface area (Å²) in [6, 6.07) is -0.320. The Morgan fingerprint density at radius 2 is 0.425 bits per heavy atom. The first-order valence-corrected chi connectivity index (χ1v) is 47.4. The number of hydrogen-bond acceptors (Lipinski definition) is 9. The molecule has 0 aliphatic carbocycles. The Kier molecular flexibility index (Phi) is 85.2. The van der Waals surface area contributed by atoms with Crippen molar-refractivity contribution in [2.75, 3.05) is 105 Å². The topological polar surface area (TPSA) is 147 Å². The van der Waals surface area contributed by atoms with Crippen LogP contribution in [0, 0.1) is 11.8 Å². The molecule has 0 heterocycles. The van der Waals surface area contributed by atoms with Crippen LogP contribution in [0.4, 0.5) is 4.79 Å². The lowest BCUT2D eigenvalue weighted by molar-refractivity contribution is 0.104. The van der Waals surface area contributed by atoms with E-state index in [-0.39, 0.29) is 19.1 Å². The number of carbonyl (C=O) groups excluding carboxylic acids is 1. The van der Waals surface area contributed by atoms with Crippen molar-refractivity contribution < 1.29 is 15.0 Å². The molecule has 0 aliphatic heterocycles. The Hall–Kier alpha value is -2.09. The number of allylic oxidation sites excluding steroid dienone is 8. The van der Waals surface area contributed by atoms with E-state index in [1.54, 1.807) is 0 Å². The molecule has 11 heteroatoms. The summed E-state index contributed by atoms with van der Waals surface area (Å²) in [7, 11) is 0. The summed E-state index contributed by atoms with van der Waals surface area (Å²) >= 11 is 0. The first-order chi connectivity index (χ1) is 52.1. The van der Waals surface area contributed by atoms with E-state index in [1.165, 1.54) is 347 Å². The highest BCUT2D eigenvalue weighted by Crippen LogP contribution is 2.18. The highest BCUT2D eigenvalue weighted by Gasteiger charge is 2.18. The second kappa shape index (κ2) is 86.9. The van der Waals surface area contributed by atoms with E-state index >= 15 is 0 Å². The summed E-state index contributed by atoms with van der Waals surface area (Å²) in [6.07, 6.45) is 96.1. The number of carbonyl (C=O) groups is 1. The van der Waals surface area contributed by atoms with Crippen LogP contribution in [-0.4, -0.2) is 153 Å². The molecule has 0 spiro atoms. The molecule has 0 aromatic heterocycles. The van der Waals surface area contributed by atoms with Gasteiger partial charge in [0.25, 0.3) is 0 Å². The zero-order chi connectivity index (χ0) is 77.0. The van der Waals surface area contributed by atoms with Gasteiger partial charge in [0.1, 0.15) is 0 Å². The molecule has 0 saturated carbocycles. The first-order valence-electron chi connectivity index (χ1n) is 47.4. The summed E-state index contributed by atoms with van der Waals surface area (Å²) in [5.41, 5.74) is 12.4. The van der Waals surface area contributed by atoms with Crippen LogP contribution in [0.2, 0.25) is 0 Å². The predicted molar refractivity (Wildman–Crippen MR) is 472 cm³/mol. The second-order valence-corrected chi connectivity index (χ2v) is 33.4. The van der Waals surface area contributed by atoms with Crippen LogP contribution in [0.25, 0.3) is 0 Å². The number of aliphatic hydroxyl groups excluding tert-OH is 2. The first kappa shape index (κ1) is 104. The fourth-order valence-corrected chi connectivity index (χ4v) is 15.1. The second-order valence-electron chi connectivity index (χ2n) is 33.4. The zero-order valence-corrected chi connectivity index (χ0v) is 72.4. The number of rotatable bonds is 88.